The summed E-state index contributed by atoms with van der Waals surface area (Å²) in [6.45, 7) is 3.98. The number of carbonyl (C=O) groups excluding carboxylic acids is 1. The van der Waals surface area contributed by atoms with Crippen molar-refractivity contribution in [3.63, 3.8) is 0 Å². The van der Waals surface area contributed by atoms with E-state index in [0.717, 1.165) is 16.8 Å². The van der Waals surface area contributed by atoms with Crippen molar-refractivity contribution < 1.29 is 9.73 Å². The number of anilines is 1. The molecule has 1 aromatic carbocycles. The monoisotopic (exact) mass is 384 g/mol. The highest BCUT2D eigenvalue weighted by molar-refractivity contribution is 7.99. The van der Waals surface area contributed by atoms with Gasteiger partial charge in [0.15, 0.2) is 11.0 Å². The number of carbonyl (C=O) groups is 1. The Morgan fingerprint density at radius 1 is 1.37 bits per heavy atom. The zero-order valence-corrected chi connectivity index (χ0v) is 15.6. The highest BCUT2D eigenvalue weighted by Gasteiger charge is 2.18. The van der Waals surface area contributed by atoms with Crippen LogP contribution in [0.3, 0.4) is 0 Å². The Hall–Kier alpha value is -2.72. The molecule has 1 atom stereocenters. The molecule has 8 nitrogen and oxygen atoms in total. The second kappa shape index (κ2) is 8.78. The maximum Gasteiger partial charge on any atom is 0.234 e. The van der Waals surface area contributed by atoms with E-state index in [1.807, 2.05) is 60.2 Å². The highest BCUT2D eigenvalue weighted by Crippen LogP contribution is 2.25. The molecule has 1 unspecified atom stereocenters. The Morgan fingerprint density at radius 2 is 2.15 bits per heavy atom. The molecule has 1 amide bonds. The summed E-state index contributed by atoms with van der Waals surface area (Å²) in [4.78, 5) is 16.5. The number of hydroxylamine groups is 1. The molecule has 4 N–H and O–H groups in total. The van der Waals surface area contributed by atoms with Crippen molar-refractivity contribution in [2.24, 2.45) is 12.9 Å². The highest BCUT2D eigenvalue weighted by atomic mass is 32.2. The number of hydrogen-bond acceptors (Lipinski definition) is 7. The molecule has 1 aliphatic carbocycles. The number of amides is 1. The lowest BCUT2D eigenvalue weighted by molar-refractivity contribution is -0.113. The first-order valence-electron chi connectivity index (χ1n) is 8.16. The summed E-state index contributed by atoms with van der Waals surface area (Å²) < 4.78 is 1.84. The van der Waals surface area contributed by atoms with Gasteiger partial charge in [-0.3, -0.25) is 4.79 Å². The standard InChI is InChI=1S/C18H20N6O2S/c1-12-10-13(8-9-15(12)23-26-19)17-21-22-18(24(17)2)27-11-16(25)20-14-6-4-3-5-7-14/h3-10,15,23H,1,11,19H2,2H3,(H,20,25). The first kappa shape index (κ1) is 19.1. The van der Waals surface area contributed by atoms with E-state index in [1.165, 1.54) is 11.8 Å². The van der Waals surface area contributed by atoms with Crippen LogP contribution in [-0.4, -0.2) is 32.5 Å². The number of aromatic nitrogens is 3. The van der Waals surface area contributed by atoms with E-state index < -0.39 is 0 Å². The van der Waals surface area contributed by atoms with Gasteiger partial charge in [-0.15, -0.1) is 10.2 Å². The van der Waals surface area contributed by atoms with Crippen LogP contribution in [0, 0.1) is 0 Å². The number of nitrogens with zero attached hydrogens (tertiary/aromatic N) is 3. The lowest BCUT2D eigenvalue weighted by atomic mass is 9.99. The number of allylic oxidation sites excluding steroid dienone is 2. The van der Waals surface area contributed by atoms with Crippen molar-refractivity contribution in [3.8, 4) is 0 Å². The second-order valence-corrected chi connectivity index (χ2v) is 6.76. The maximum atomic E-state index is 12.1. The fourth-order valence-corrected chi connectivity index (χ4v) is 3.24. The lowest BCUT2D eigenvalue weighted by Crippen LogP contribution is -2.32. The van der Waals surface area contributed by atoms with Crippen LogP contribution in [0.5, 0.6) is 0 Å². The van der Waals surface area contributed by atoms with Crippen molar-refractivity contribution in [1.82, 2.24) is 20.2 Å². The van der Waals surface area contributed by atoms with Gasteiger partial charge in [-0.1, -0.05) is 48.7 Å². The summed E-state index contributed by atoms with van der Waals surface area (Å²) in [7, 11) is 1.86. The SMILES string of the molecule is C=C1C=C(c2nnc(SCC(=O)Nc3ccccc3)n2C)C=CC1NON. The van der Waals surface area contributed by atoms with Crippen LogP contribution in [0.1, 0.15) is 5.82 Å². The van der Waals surface area contributed by atoms with E-state index in [-0.39, 0.29) is 17.7 Å². The molecule has 1 aromatic heterocycles. The van der Waals surface area contributed by atoms with E-state index >= 15 is 0 Å². The molecule has 1 aliphatic rings. The van der Waals surface area contributed by atoms with Crippen LogP contribution < -0.4 is 16.7 Å². The molecule has 0 radical (unpaired) electrons. The maximum absolute atomic E-state index is 12.1. The number of para-hydroxylation sites is 1. The van der Waals surface area contributed by atoms with Gasteiger partial charge in [-0.25, -0.2) is 4.94 Å². The van der Waals surface area contributed by atoms with Crippen molar-refractivity contribution >= 4 is 28.9 Å². The van der Waals surface area contributed by atoms with Crippen LogP contribution in [-0.2, 0) is 16.8 Å². The third kappa shape index (κ3) is 4.72. The molecule has 2 aromatic rings. The average molecular weight is 384 g/mol. The normalized spacial score (nSPS) is 16.3. The van der Waals surface area contributed by atoms with Gasteiger partial charge in [0.1, 0.15) is 0 Å². The number of nitrogens with one attached hydrogen (secondary N) is 2. The zero-order valence-electron chi connectivity index (χ0n) is 14.8. The van der Waals surface area contributed by atoms with E-state index in [0.29, 0.717) is 11.0 Å². The Balaban J connectivity index is 1.62. The molecule has 0 saturated heterocycles. The lowest BCUT2D eigenvalue weighted by Gasteiger charge is -2.18. The minimum absolute atomic E-state index is 0.100. The number of nitrogens with two attached hydrogens (primary N) is 1. The van der Waals surface area contributed by atoms with Crippen LogP contribution in [0.15, 0.2) is 65.9 Å². The Kier molecular flexibility index (Phi) is 6.20. The van der Waals surface area contributed by atoms with Crippen LogP contribution in [0.25, 0.3) is 5.57 Å². The molecule has 140 valence electrons. The van der Waals surface area contributed by atoms with Crippen LogP contribution >= 0.6 is 11.8 Å². The summed E-state index contributed by atoms with van der Waals surface area (Å²) in [5.41, 5.74) is 5.06. The minimum Gasteiger partial charge on any atom is -0.325 e. The third-order valence-electron chi connectivity index (χ3n) is 3.89. The van der Waals surface area contributed by atoms with E-state index in [9.17, 15) is 4.79 Å². The van der Waals surface area contributed by atoms with E-state index in [4.69, 9.17) is 5.90 Å². The number of benzene rings is 1. The smallest absolute Gasteiger partial charge is 0.234 e. The van der Waals surface area contributed by atoms with Crippen molar-refractivity contribution in [3.05, 3.63) is 66.5 Å². The fourth-order valence-electron chi connectivity index (χ4n) is 2.53. The van der Waals surface area contributed by atoms with Gasteiger partial charge in [0.05, 0.1) is 11.8 Å². The topological polar surface area (TPSA) is 107 Å². The molecular weight excluding hydrogens is 364 g/mol. The van der Waals surface area contributed by atoms with E-state index in [2.05, 4.69) is 32.5 Å². The molecule has 0 fully saturated rings. The third-order valence-corrected chi connectivity index (χ3v) is 4.91. The molecule has 27 heavy (non-hydrogen) atoms. The molecule has 0 aliphatic heterocycles. The zero-order chi connectivity index (χ0) is 19.2. The molecular formula is C18H20N6O2S. The van der Waals surface area contributed by atoms with E-state index in [1.54, 1.807) is 0 Å². The average Bonchev–Trinajstić information content (AvgIpc) is 3.03. The molecule has 1 heterocycles. The Bertz CT molecular complexity index is 891. The van der Waals surface area contributed by atoms with Gasteiger partial charge < -0.3 is 9.88 Å². The molecule has 3 rings (SSSR count). The van der Waals surface area contributed by atoms with Gasteiger partial charge in [-0.05, 0) is 23.8 Å². The Morgan fingerprint density at radius 3 is 2.85 bits per heavy atom. The molecule has 0 spiro atoms. The summed E-state index contributed by atoms with van der Waals surface area (Å²) in [6.07, 6.45) is 5.66. The molecule has 0 saturated carbocycles. The fraction of sp³-hybridized carbons (Fsp3) is 0.167. The molecule has 9 heteroatoms. The first-order valence-corrected chi connectivity index (χ1v) is 9.14. The summed E-state index contributed by atoms with van der Waals surface area (Å²) in [5, 5.41) is 11.9. The van der Waals surface area contributed by atoms with Gasteiger partial charge in [0, 0.05) is 18.3 Å². The summed E-state index contributed by atoms with van der Waals surface area (Å²) >= 11 is 1.32. The molecule has 0 bridgehead atoms. The number of thioether (sulfide) groups is 1. The van der Waals surface area contributed by atoms with Crippen LogP contribution in [0.4, 0.5) is 5.69 Å². The summed E-state index contributed by atoms with van der Waals surface area (Å²) in [5.74, 6) is 5.86. The second-order valence-electron chi connectivity index (χ2n) is 5.82. The van der Waals surface area contributed by atoms with Crippen LogP contribution in [0.2, 0.25) is 0 Å². The minimum atomic E-state index is -0.192. The quantitative estimate of drug-likeness (QED) is 0.494. The van der Waals surface area contributed by atoms with Gasteiger partial charge >= 0.3 is 0 Å². The number of hydrogen-bond donors (Lipinski definition) is 3. The Labute approximate surface area is 161 Å². The van der Waals surface area contributed by atoms with Crippen molar-refractivity contribution in [2.75, 3.05) is 11.1 Å². The number of rotatable bonds is 7. The van der Waals surface area contributed by atoms with Gasteiger partial charge in [0.25, 0.3) is 0 Å². The van der Waals surface area contributed by atoms with Crippen molar-refractivity contribution in [2.45, 2.75) is 11.2 Å². The summed E-state index contributed by atoms with van der Waals surface area (Å²) in [6, 6.07) is 9.14. The predicted molar refractivity (Wildman–Crippen MR) is 105 cm³/mol. The largest absolute Gasteiger partial charge is 0.325 e. The van der Waals surface area contributed by atoms with Crippen molar-refractivity contribution in [1.29, 1.82) is 0 Å². The first-order chi connectivity index (χ1) is 13.1. The van der Waals surface area contributed by atoms with Gasteiger partial charge in [-0.2, -0.15) is 11.4 Å². The van der Waals surface area contributed by atoms with Gasteiger partial charge in [0.2, 0.25) is 5.91 Å². The predicted octanol–water partition coefficient (Wildman–Crippen LogP) is 1.82.